The van der Waals surface area contributed by atoms with Crippen molar-refractivity contribution in [1.29, 1.82) is 0 Å². The molecule has 20 heavy (non-hydrogen) atoms. The van der Waals surface area contributed by atoms with Gasteiger partial charge in [0.2, 0.25) is 0 Å². The second kappa shape index (κ2) is 7.80. The summed E-state index contributed by atoms with van der Waals surface area (Å²) in [6.07, 6.45) is 4.67. The van der Waals surface area contributed by atoms with E-state index in [-0.39, 0.29) is 5.78 Å². The summed E-state index contributed by atoms with van der Waals surface area (Å²) in [4.78, 5) is 16.2. The van der Waals surface area contributed by atoms with E-state index >= 15 is 0 Å². The van der Waals surface area contributed by atoms with Crippen molar-refractivity contribution in [2.45, 2.75) is 32.6 Å². The molecule has 0 saturated carbocycles. The van der Waals surface area contributed by atoms with E-state index in [4.69, 9.17) is 4.74 Å². The lowest BCUT2D eigenvalue weighted by Crippen LogP contribution is -2.08. The average Bonchev–Trinajstić information content (AvgIpc) is 2.93. The molecule has 3 nitrogen and oxygen atoms in total. The molecule has 0 atom stereocenters. The van der Waals surface area contributed by atoms with E-state index in [1.165, 1.54) is 11.3 Å². The normalized spacial score (nSPS) is 10.4. The second-order valence-corrected chi connectivity index (χ2v) is 5.61. The van der Waals surface area contributed by atoms with Gasteiger partial charge in [0.05, 0.1) is 18.0 Å². The molecule has 0 fully saturated rings. The Morgan fingerprint density at radius 1 is 1.30 bits per heavy atom. The number of hydrogen-bond acceptors (Lipinski definition) is 4. The number of para-hydroxylation sites is 1. The minimum Gasteiger partial charge on any atom is -0.493 e. The lowest BCUT2D eigenvalue weighted by Gasteiger charge is -2.10. The molecule has 2 rings (SSSR count). The van der Waals surface area contributed by atoms with Crippen LogP contribution in [0, 0.1) is 0 Å². The molecule has 0 aliphatic carbocycles. The molecule has 0 amide bonds. The standard InChI is InChI=1S/C16H19NO2S/c1-2-3-9-19-15-7-5-4-6-13(15)11-14(18)12-16-17-8-10-20-16/h4-8,10H,2-3,9,11-12H2,1H3. The number of hydrogen-bond donors (Lipinski definition) is 0. The zero-order valence-corrected chi connectivity index (χ0v) is 12.5. The van der Waals surface area contributed by atoms with E-state index in [9.17, 15) is 4.79 Å². The second-order valence-electron chi connectivity index (χ2n) is 4.63. The van der Waals surface area contributed by atoms with E-state index in [1.54, 1.807) is 6.20 Å². The van der Waals surface area contributed by atoms with E-state index < -0.39 is 0 Å². The Morgan fingerprint density at radius 2 is 2.15 bits per heavy atom. The first-order valence-electron chi connectivity index (χ1n) is 6.90. The highest BCUT2D eigenvalue weighted by atomic mass is 32.1. The van der Waals surface area contributed by atoms with Crippen molar-refractivity contribution in [2.24, 2.45) is 0 Å². The van der Waals surface area contributed by atoms with Crippen molar-refractivity contribution < 1.29 is 9.53 Å². The van der Waals surface area contributed by atoms with Gasteiger partial charge in [-0.05, 0) is 12.5 Å². The molecule has 2 aromatic rings. The summed E-state index contributed by atoms with van der Waals surface area (Å²) in [5.74, 6) is 1.000. The Kier molecular flexibility index (Phi) is 5.74. The lowest BCUT2D eigenvalue weighted by molar-refractivity contribution is -0.117. The van der Waals surface area contributed by atoms with Crippen LogP contribution in [-0.4, -0.2) is 17.4 Å². The first-order valence-corrected chi connectivity index (χ1v) is 7.78. The molecule has 4 heteroatoms. The molecular formula is C16H19NO2S. The summed E-state index contributed by atoms with van der Waals surface area (Å²) in [7, 11) is 0. The van der Waals surface area contributed by atoms with Gasteiger partial charge < -0.3 is 4.74 Å². The van der Waals surface area contributed by atoms with Gasteiger partial charge in [-0.15, -0.1) is 11.3 Å². The van der Waals surface area contributed by atoms with Gasteiger partial charge in [-0.1, -0.05) is 31.5 Å². The average molecular weight is 289 g/mol. The summed E-state index contributed by atoms with van der Waals surface area (Å²) < 4.78 is 5.75. The summed E-state index contributed by atoms with van der Waals surface area (Å²) in [5.41, 5.74) is 0.963. The maximum absolute atomic E-state index is 12.1. The monoisotopic (exact) mass is 289 g/mol. The number of ether oxygens (including phenoxy) is 1. The van der Waals surface area contributed by atoms with Crippen molar-refractivity contribution in [2.75, 3.05) is 6.61 Å². The van der Waals surface area contributed by atoms with Gasteiger partial charge in [0.15, 0.2) is 0 Å². The molecule has 106 valence electrons. The molecule has 1 aromatic carbocycles. The highest BCUT2D eigenvalue weighted by molar-refractivity contribution is 7.09. The Morgan fingerprint density at radius 3 is 2.90 bits per heavy atom. The Labute approximate surface area is 123 Å². The summed E-state index contributed by atoms with van der Waals surface area (Å²) in [6, 6.07) is 7.78. The highest BCUT2D eigenvalue weighted by Gasteiger charge is 2.10. The van der Waals surface area contributed by atoms with Gasteiger partial charge in [0, 0.05) is 23.6 Å². The van der Waals surface area contributed by atoms with E-state index in [1.807, 2.05) is 29.6 Å². The van der Waals surface area contributed by atoms with Crippen LogP contribution in [0.25, 0.3) is 0 Å². The molecule has 0 N–H and O–H groups in total. The number of aromatic nitrogens is 1. The van der Waals surface area contributed by atoms with Gasteiger partial charge in [-0.2, -0.15) is 0 Å². The minimum atomic E-state index is 0.173. The molecule has 1 aromatic heterocycles. The summed E-state index contributed by atoms with van der Waals surface area (Å²) >= 11 is 1.52. The van der Waals surface area contributed by atoms with Crippen LogP contribution in [0.4, 0.5) is 0 Å². The molecule has 0 spiro atoms. The Balaban J connectivity index is 1.95. The number of thiazole rings is 1. The lowest BCUT2D eigenvalue weighted by atomic mass is 10.1. The maximum Gasteiger partial charge on any atom is 0.144 e. The fourth-order valence-electron chi connectivity index (χ4n) is 1.90. The van der Waals surface area contributed by atoms with Gasteiger partial charge in [-0.25, -0.2) is 4.98 Å². The van der Waals surface area contributed by atoms with Crippen LogP contribution in [0.3, 0.4) is 0 Å². The molecule has 0 radical (unpaired) electrons. The smallest absolute Gasteiger partial charge is 0.144 e. The van der Waals surface area contributed by atoms with Gasteiger partial charge in [0.1, 0.15) is 11.5 Å². The van der Waals surface area contributed by atoms with Crippen molar-refractivity contribution >= 4 is 17.1 Å². The van der Waals surface area contributed by atoms with Crippen LogP contribution in [0.15, 0.2) is 35.8 Å². The molecule has 0 unspecified atom stereocenters. The van der Waals surface area contributed by atoms with Gasteiger partial charge >= 0.3 is 0 Å². The van der Waals surface area contributed by atoms with Gasteiger partial charge in [-0.3, -0.25) is 4.79 Å². The molecule has 1 heterocycles. The van der Waals surface area contributed by atoms with Crippen LogP contribution in [0.5, 0.6) is 5.75 Å². The predicted octanol–water partition coefficient (Wildman–Crippen LogP) is 3.68. The summed E-state index contributed by atoms with van der Waals surface area (Å²) in [6.45, 7) is 2.83. The molecular weight excluding hydrogens is 270 g/mol. The zero-order valence-electron chi connectivity index (χ0n) is 11.7. The fourth-order valence-corrected chi connectivity index (χ4v) is 2.55. The highest BCUT2D eigenvalue weighted by Crippen LogP contribution is 2.20. The molecule has 0 aliphatic heterocycles. The van der Waals surface area contributed by atoms with Crippen LogP contribution >= 0.6 is 11.3 Å². The molecule has 0 saturated heterocycles. The number of unbranched alkanes of at least 4 members (excludes halogenated alkanes) is 1. The fraction of sp³-hybridized carbons (Fsp3) is 0.375. The third kappa shape index (κ3) is 4.46. The number of ketones is 1. The Hall–Kier alpha value is -1.68. The zero-order chi connectivity index (χ0) is 14.2. The van der Waals surface area contributed by atoms with E-state index in [0.717, 1.165) is 29.2 Å². The summed E-state index contributed by atoms with van der Waals surface area (Å²) in [5, 5.41) is 2.77. The third-order valence-electron chi connectivity index (χ3n) is 2.95. The van der Waals surface area contributed by atoms with Crippen LogP contribution in [0.2, 0.25) is 0 Å². The Bertz CT molecular complexity index is 537. The van der Waals surface area contributed by atoms with Crippen molar-refractivity contribution in [3.05, 3.63) is 46.4 Å². The van der Waals surface area contributed by atoms with Gasteiger partial charge in [0.25, 0.3) is 0 Å². The number of nitrogens with zero attached hydrogens (tertiary/aromatic N) is 1. The third-order valence-corrected chi connectivity index (χ3v) is 3.73. The van der Waals surface area contributed by atoms with Crippen LogP contribution < -0.4 is 4.74 Å². The van der Waals surface area contributed by atoms with Crippen molar-refractivity contribution in [1.82, 2.24) is 4.98 Å². The first kappa shape index (κ1) is 14.7. The maximum atomic E-state index is 12.1. The van der Waals surface area contributed by atoms with Crippen molar-refractivity contribution in [3.63, 3.8) is 0 Å². The van der Waals surface area contributed by atoms with E-state index in [0.29, 0.717) is 19.4 Å². The van der Waals surface area contributed by atoms with Crippen LogP contribution in [0.1, 0.15) is 30.3 Å². The quantitative estimate of drug-likeness (QED) is 0.696. The van der Waals surface area contributed by atoms with Crippen LogP contribution in [-0.2, 0) is 17.6 Å². The molecule has 0 aliphatic rings. The van der Waals surface area contributed by atoms with E-state index in [2.05, 4.69) is 11.9 Å². The number of carbonyl (C=O) groups excluding carboxylic acids is 1. The largest absolute Gasteiger partial charge is 0.493 e. The number of carbonyl (C=O) groups is 1. The topological polar surface area (TPSA) is 39.2 Å². The number of benzene rings is 1. The number of rotatable bonds is 8. The first-order chi connectivity index (χ1) is 9.79. The van der Waals surface area contributed by atoms with Crippen molar-refractivity contribution in [3.8, 4) is 5.75 Å². The minimum absolute atomic E-state index is 0.173. The number of Topliss-reactive ketones (excluding diaryl/α,β-unsaturated/α-hetero) is 1. The molecule has 0 bridgehead atoms. The predicted molar refractivity (Wildman–Crippen MR) is 81.4 cm³/mol. The SMILES string of the molecule is CCCCOc1ccccc1CC(=O)Cc1nccs1.